The molecule has 2 nitrogen and oxygen atoms in total. The Labute approximate surface area is 110 Å². The van der Waals surface area contributed by atoms with Crippen LogP contribution in [0.2, 0.25) is 0 Å². The molecule has 0 aliphatic rings. The summed E-state index contributed by atoms with van der Waals surface area (Å²) in [5.41, 5.74) is 2.97. The van der Waals surface area contributed by atoms with Crippen LogP contribution in [0.4, 0.5) is 23.0 Å². The first-order chi connectivity index (χ1) is 8.57. The molecule has 0 fully saturated rings. The van der Waals surface area contributed by atoms with Crippen molar-refractivity contribution in [1.29, 1.82) is 5.39 Å². The highest BCUT2D eigenvalue weighted by Gasteiger charge is 2.23. The summed E-state index contributed by atoms with van der Waals surface area (Å²) in [5, 5.41) is 9.02. The fourth-order valence-electron chi connectivity index (χ4n) is 1.63. The first-order valence-corrected chi connectivity index (χ1v) is 5.93. The molecule has 0 aliphatic heterocycles. The van der Waals surface area contributed by atoms with Crippen molar-refractivity contribution in [2.24, 2.45) is 0 Å². The van der Waals surface area contributed by atoms with Crippen LogP contribution < -0.4 is 0 Å². The highest BCUT2D eigenvalue weighted by molar-refractivity contribution is 6.50. The van der Waals surface area contributed by atoms with E-state index in [0.29, 0.717) is 11.8 Å². The van der Waals surface area contributed by atoms with Crippen molar-refractivity contribution in [3.05, 3.63) is 34.3 Å². The fourth-order valence-corrected chi connectivity index (χ4v) is 1.63. The van der Waals surface area contributed by atoms with Crippen LogP contribution in [0.25, 0.3) is 4.98 Å². The lowest BCUT2D eigenvalue weighted by Crippen LogP contribution is -2.02. The molecule has 1 rings (SSSR count). The summed E-state index contributed by atoms with van der Waals surface area (Å²) < 4.78 is 39.0. The lowest BCUT2D eigenvalue weighted by molar-refractivity contribution is 0.368. The van der Waals surface area contributed by atoms with Gasteiger partial charge in [-0.1, -0.05) is 45.9 Å². The van der Waals surface area contributed by atoms with Gasteiger partial charge in [-0.05, 0) is 11.8 Å². The zero-order valence-electron chi connectivity index (χ0n) is 11.4. The summed E-state index contributed by atoms with van der Waals surface area (Å²) in [6.07, 6.45) is 0. The zero-order chi connectivity index (χ0) is 15.2. The minimum atomic E-state index is -6.00. The van der Waals surface area contributed by atoms with Gasteiger partial charge in [0.15, 0.2) is 4.98 Å². The monoisotopic (exact) mass is 276 g/mol. The molecule has 0 atom stereocenters. The van der Waals surface area contributed by atoms with Gasteiger partial charge in [0.25, 0.3) is 0 Å². The van der Waals surface area contributed by atoms with Crippen LogP contribution in [-0.2, 0) is 0 Å². The Balaban J connectivity index is 0.000000555. The van der Waals surface area contributed by atoms with Gasteiger partial charge < -0.3 is 17.3 Å². The fraction of sp³-hybridized carbons (Fsp3) is 0.500. The Morgan fingerprint density at radius 1 is 0.947 bits per heavy atom. The average molecular weight is 276 g/mol. The first kappa shape index (κ1) is 17.4. The van der Waals surface area contributed by atoms with Crippen LogP contribution in [0.15, 0.2) is 18.2 Å². The number of nitrogens with zero attached hydrogens (tertiary/aromatic N) is 2. The van der Waals surface area contributed by atoms with Crippen LogP contribution in [0, 0.1) is 5.39 Å². The van der Waals surface area contributed by atoms with Gasteiger partial charge in [-0.3, -0.25) is 0 Å². The van der Waals surface area contributed by atoms with Crippen LogP contribution >= 0.6 is 0 Å². The molecule has 0 heterocycles. The number of hydrogen-bond acceptors (Lipinski definition) is 1. The van der Waals surface area contributed by atoms with Gasteiger partial charge in [0.05, 0.1) is 11.1 Å². The lowest BCUT2D eigenvalue weighted by atomic mass is 9.93. The third kappa shape index (κ3) is 6.80. The molecule has 0 N–H and O–H groups in total. The third-order valence-corrected chi connectivity index (χ3v) is 2.44. The minimum Gasteiger partial charge on any atom is -0.418 e. The molecular weight excluding hydrogens is 259 g/mol. The maximum absolute atomic E-state index is 9.75. The molecule has 106 valence electrons. The average Bonchev–Trinajstić information content (AvgIpc) is 2.25. The predicted octanol–water partition coefficient (Wildman–Crippen LogP) is 5.72. The second-order valence-corrected chi connectivity index (χ2v) is 4.69. The molecular formula is C12H17BF4N2. The third-order valence-electron chi connectivity index (χ3n) is 2.44. The van der Waals surface area contributed by atoms with Crippen LogP contribution in [0.3, 0.4) is 0 Å². The van der Waals surface area contributed by atoms with Gasteiger partial charge in [0, 0.05) is 0 Å². The van der Waals surface area contributed by atoms with Crippen LogP contribution in [-0.4, -0.2) is 7.25 Å². The number of hydrogen-bond donors (Lipinski definition) is 0. The maximum atomic E-state index is 9.75. The van der Waals surface area contributed by atoms with E-state index in [-0.39, 0.29) is 0 Å². The molecule has 19 heavy (non-hydrogen) atoms. The van der Waals surface area contributed by atoms with Gasteiger partial charge in [0.1, 0.15) is 0 Å². The summed E-state index contributed by atoms with van der Waals surface area (Å²) >= 11 is 0. The molecule has 0 amide bonds. The van der Waals surface area contributed by atoms with E-state index in [2.05, 4.69) is 32.7 Å². The molecule has 0 aromatic heterocycles. The summed E-state index contributed by atoms with van der Waals surface area (Å²) in [6, 6.07) is 6.07. The van der Waals surface area contributed by atoms with Crippen LogP contribution in [0.5, 0.6) is 0 Å². The normalized spacial score (nSPS) is 11.0. The Morgan fingerprint density at radius 2 is 1.26 bits per heavy atom. The molecule has 0 saturated carbocycles. The van der Waals surface area contributed by atoms with E-state index in [9.17, 15) is 17.3 Å². The molecule has 0 saturated heterocycles. The Bertz CT molecular complexity index is 418. The second-order valence-electron chi connectivity index (χ2n) is 4.69. The van der Waals surface area contributed by atoms with E-state index >= 15 is 0 Å². The predicted molar refractivity (Wildman–Crippen MR) is 69.6 cm³/mol. The molecule has 0 aliphatic carbocycles. The summed E-state index contributed by atoms with van der Waals surface area (Å²) in [6.45, 7) is 8.42. The van der Waals surface area contributed by atoms with E-state index in [1.807, 2.05) is 18.2 Å². The molecule has 0 bridgehead atoms. The van der Waals surface area contributed by atoms with Gasteiger partial charge in [-0.25, -0.2) is 0 Å². The largest absolute Gasteiger partial charge is 0.673 e. The van der Waals surface area contributed by atoms with Crippen LogP contribution in [0.1, 0.15) is 50.7 Å². The molecule has 7 heteroatoms. The number of diazo groups is 1. The standard InChI is InChI=1S/C12H17N2.BF4/c1-8(2)10-6-5-7-11(9(3)4)12(10)14-13;2-1(3,4)5/h5-9H,1-4H3;/q+1;-1. The smallest absolute Gasteiger partial charge is 0.418 e. The quantitative estimate of drug-likeness (QED) is 0.386. The van der Waals surface area contributed by atoms with Gasteiger partial charge in [-0.2, -0.15) is 0 Å². The Kier molecular flexibility index (Phi) is 6.53. The number of halogens is 4. The second kappa shape index (κ2) is 7.12. The number of rotatable bonds is 2. The topological polar surface area (TPSA) is 28.1 Å². The van der Waals surface area contributed by atoms with E-state index in [4.69, 9.17) is 5.39 Å². The molecule has 1 aromatic rings. The lowest BCUT2D eigenvalue weighted by Gasteiger charge is -2.06. The first-order valence-electron chi connectivity index (χ1n) is 5.93. The zero-order valence-corrected chi connectivity index (χ0v) is 11.4. The van der Waals surface area contributed by atoms with Gasteiger partial charge in [-0.15, -0.1) is 0 Å². The van der Waals surface area contributed by atoms with Crippen molar-refractivity contribution < 1.29 is 17.3 Å². The molecule has 0 spiro atoms. The highest BCUT2D eigenvalue weighted by Crippen LogP contribution is 2.34. The van der Waals surface area contributed by atoms with E-state index in [1.54, 1.807) is 0 Å². The van der Waals surface area contributed by atoms with E-state index < -0.39 is 7.25 Å². The number of benzene rings is 1. The van der Waals surface area contributed by atoms with Crippen molar-refractivity contribution >= 4 is 12.9 Å². The van der Waals surface area contributed by atoms with Crippen molar-refractivity contribution in [3.63, 3.8) is 0 Å². The Hall–Kier alpha value is -1.58. The summed E-state index contributed by atoms with van der Waals surface area (Å²) in [5.74, 6) is 0.777. The Morgan fingerprint density at radius 3 is 1.47 bits per heavy atom. The van der Waals surface area contributed by atoms with Gasteiger partial charge >= 0.3 is 12.9 Å². The summed E-state index contributed by atoms with van der Waals surface area (Å²) in [7, 11) is -6.00. The highest BCUT2D eigenvalue weighted by atomic mass is 19.5. The van der Waals surface area contributed by atoms with Crippen molar-refractivity contribution in [3.8, 4) is 0 Å². The molecule has 1 aromatic carbocycles. The van der Waals surface area contributed by atoms with Crippen molar-refractivity contribution in [1.82, 2.24) is 0 Å². The van der Waals surface area contributed by atoms with Gasteiger partial charge in [0.2, 0.25) is 5.39 Å². The minimum absolute atomic E-state index is 0.389. The molecule has 0 unspecified atom stereocenters. The maximum Gasteiger partial charge on any atom is 0.673 e. The SMILES string of the molecule is CC(C)c1cccc(C(C)C)c1[N+]#N.F[B-](F)(F)F. The van der Waals surface area contributed by atoms with E-state index in [0.717, 1.165) is 16.8 Å². The van der Waals surface area contributed by atoms with E-state index in [1.165, 1.54) is 0 Å². The summed E-state index contributed by atoms with van der Waals surface area (Å²) in [4.78, 5) is 3.41. The molecule has 0 radical (unpaired) electrons. The van der Waals surface area contributed by atoms with Crippen molar-refractivity contribution in [2.45, 2.75) is 39.5 Å². The van der Waals surface area contributed by atoms with Crippen molar-refractivity contribution in [2.75, 3.05) is 0 Å².